The van der Waals surface area contributed by atoms with Gasteiger partial charge in [0.05, 0.1) is 4.90 Å². The molecule has 0 aromatic heterocycles. The zero-order valence-electron chi connectivity index (χ0n) is 12.9. The van der Waals surface area contributed by atoms with E-state index in [9.17, 15) is 8.42 Å². The fraction of sp³-hybridized carbons (Fsp3) is 0.600. The maximum Gasteiger partial charge on any atom is 0.243 e. The standard InChI is InChI=1S/C15H24N2O2S.ClH/c1-12(2)10-14-4-6-15(7-5-14)20(18,19)17-9-8-16-11-13(17)3;/h4-7,12-13,16H,8-11H2,1-3H3;1H/t13-;/m0./s1. The van der Waals surface area contributed by atoms with Gasteiger partial charge in [-0.25, -0.2) is 8.42 Å². The van der Waals surface area contributed by atoms with Crippen molar-refractivity contribution < 1.29 is 8.42 Å². The van der Waals surface area contributed by atoms with Gasteiger partial charge in [0.25, 0.3) is 0 Å². The van der Waals surface area contributed by atoms with Gasteiger partial charge >= 0.3 is 0 Å². The summed E-state index contributed by atoms with van der Waals surface area (Å²) in [5, 5.41) is 3.21. The number of sulfonamides is 1. The minimum atomic E-state index is -3.36. The summed E-state index contributed by atoms with van der Waals surface area (Å²) in [6.07, 6.45) is 0.977. The highest BCUT2D eigenvalue weighted by Gasteiger charge is 2.30. The van der Waals surface area contributed by atoms with Crippen LogP contribution in [-0.4, -0.2) is 38.4 Å². The number of nitrogens with zero attached hydrogens (tertiary/aromatic N) is 1. The van der Waals surface area contributed by atoms with Crippen molar-refractivity contribution in [1.82, 2.24) is 9.62 Å². The first-order valence-corrected chi connectivity index (χ1v) is 8.67. The summed E-state index contributed by atoms with van der Waals surface area (Å²) >= 11 is 0. The number of hydrogen-bond acceptors (Lipinski definition) is 3. The Morgan fingerprint density at radius 3 is 2.43 bits per heavy atom. The molecule has 6 heteroatoms. The van der Waals surface area contributed by atoms with Crippen molar-refractivity contribution in [3.05, 3.63) is 29.8 Å². The van der Waals surface area contributed by atoms with Crippen LogP contribution in [0.3, 0.4) is 0 Å². The molecule has 1 aromatic rings. The van der Waals surface area contributed by atoms with E-state index in [0.29, 0.717) is 23.9 Å². The van der Waals surface area contributed by atoms with E-state index in [1.54, 1.807) is 16.4 Å². The quantitative estimate of drug-likeness (QED) is 0.920. The maximum absolute atomic E-state index is 12.6. The zero-order chi connectivity index (χ0) is 14.8. The molecule has 0 bridgehead atoms. The molecule has 0 spiro atoms. The molecule has 1 heterocycles. The zero-order valence-corrected chi connectivity index (χ0v) is 14.5. The molecule has 1 fully saturated rings. The van der Waals surface area contributed by atoms with Crippen molar-refractivity contribution in [2.45, 2.75) is 38.1 Å². The summed E-state index contributed by atoms with van der Waals surface area (Å²) in [6, 6.07) is 7.34. The fourth-order valence-corrected chi connectivity index (χ4v) is 4.21. The highest BCUT2D eigenvalue weighted by atomic mass is 35.5. The number of halogens is 1. The van der Waals surface area contributed by atoms with Crippen molar-refractivity contribution in [3.8, 4) is 0 Å². The number of hydrogen-bond donors (Lipinski definition) is 1. The monoisotopic (exact) mass is 332 g/mol. The Kier molecular flexibility index (Phi) is 6.66. The second kappa shape index (κ2) is 7.58. The fourth-order valence-electron chi connectivity index (χ4n) is 2.58. The van der Waals surface area contributed by atoms with E-state index in [4.69, 9.17) is 0 Å². The highest BCUT2D eigenvalue weighted by Crippen LogP contribution is 2.20. The molecule has 1 N–H and O–H groups in total. The van der Waals surface area contributed by atoms with Crippen LogP contribution in [0.1, 0.15) is 26.3 Å². The molecule has 0 unspecified atom stereocenters. The molecule has 0 saturated carbocycles. The largest absolute Gasteiger partial charge is 0.314 e. The molecule has 1 atom stereocenters. The third kappa shape index (κ3) is 4.42. The van der Waals surface area contributed by atoms with Crippen molar-refractivity contribution in [1.29, 1.82) is 0 Å². The van der Waals surface area contributed by atoms with E-state index in [1.807, 2.05) is 19.1 Å². The van der Waals surface area contributed by atoms with Gasteiger partial charge in [0, 0.05) is 25.7 Å². The van der Waals surface area contributed by atoms with Crippen LogP contribution < -0.4 is 5.32 Å². The molecule has 0 radical (unpaired) electrons. The van der Waals surface area contributed by atoms with Crippen LogP contribution in [0, 0.1) is 5.92 Å². The van der Waals surface area contributed by atoms with Crippen LogP contribution in [-0.2, 0) is 16.4 Å². The molecule has 21 heavy (non-hydrogen) atoms. The van der Waals surface area contributed by atoms with Crippen molar-refractivity contribution in [2.24, 2.45) is 5.92 Å². The minimum Gasteiger partial charge on any atom is -0.314 e. The summed E-state index contributed by atoms with van der Waals surface area (Å²) in [7, 11) is -3.36. The van der Waals surface area contributed by atoms with Gasteiger partial charge in [-0.1, -0.05) is 26.0 Å². The summed E-state index contributed by atoms with van der Waals surface area (Å²) < 4.78 is 26.9. The number of piperazine rings is 1. The van der Waals surface area contributed by atoms with Crippen LogP contribution in [0.2, 0.25) is 0 Å². The Bertz CT molecular complexity index is 543. The lowest BCUT2D eigenvalue weighted by molar-refractivity contribution is 0.284. The normalized spacial score (nSPS) is 20.3. The van der Waals surface area contributed by atoms with E-state index in [2.05, 4.69) is 19.2 Å². The first-order chi connectivity index (χ1) is 9.41. The third-order valence-electron chi connectivity index (χ3n) is 3.61. The van der Waals surface area contributed by atoms with Gasteiger partial charge in [0.15, 0.2) is 0 Å². The molecular formula is C15H25ClN2O2S. The van der Waals surface area contributed by atoms with E-state index in [-0.39, 0.29) is 18.4 Å². The van der Waals surface area contributed by atoms with E-state index in [0.717, 1.165) is 13.0 Å². The lowest BCUT2D eigenvalue weighted by Gasteiger charge is -2.32. The average Bonchev–Trinajstić information content (AvgIpc) is 2.39. The first-order valence-electron chi connectivity index (χ1n) is 7.23. The topological polar surface area (TPSA) is 49.4 Å². The number of nitrogens with one attached hydrogen (secondary N) is 1. The molecule has 120 valence electrons. The summed E-state index contributed by atoms with van der Waals surface area (Å²) in [4.78, 5) is 0.402. The molecule has 1 aliphatic rings. The molecule has 0 aliphatic carbocycles. The molecule has 1 aliphatic heterocycles. The van der Waals surface area contributed by atoms with Crippen LogP contribution in [0.15, 0.2) is 29.2 Å². The van der Waals surface area contributed by atoms with Gasteiger partial charge in [-0.2, -0.15) is 4.31 Å². The summed E-state index contributed by atoms with van der Waals surface area (Å²) in [6.45, 7) is 8.23. The van der Waals surface area contributed by atoms with Crippen LogP contribution in [0.4, 0.5) is 0 Å². The van der Waals surface area contributed by atoms with Crippen LogP contribution in [0.5, 0.6) is 0 Å². The third-order valence-corrected chi connectivity index (χ3v) is 5.64. The SMILES string of the molecule is CC(C)Cc1ccc(S(=O)(=O)N2CCNC[C@@H]2C)cc1.Cl. The smallest absolute Gasteiger partial charge is 0.243 e. The first kappa shape index (κ1) is 18.4. The van der Waals surface area contributed by atoms with Crippen LogP contribution in [0.25, 0.3) is 0 Å². The van der Waals surface area contributed by atoms with Gasteiger partial charge in [0.1, 0.15) is 0 Å². The van der Waals surface area contributed by atoms with Gasteiger partial charge < -0.3 is 5.32 Å². The van der Waals surface area contributed by atoms with E-state index < -0.39 is 10.0 Å². The lowest BCUT2D eigenvalue weighted by Crippen LogP contribution is -2.52. The van der Waals surface area contributed by atoms with Gasteiger partial charge in [-0.05, 0) is 37.0 Å². The molecule has 4 nitrogen and oxygen atoms in total. The van der Waals surface area contributed by atoms with Gasteiger partial charge in [-0.15, -0.1) is 12.4 Å². The van der Waals surface area contributed by atoms with E-state index >= 15 is 0 Å². The Labute approximate surface area is 134 Å². The van der Waals surface area contributed by atoms with Crippen LogP contribution >= 0.6 is 12.4 Å². The second-order valence-corrected chi connectivity index (χ2v) is 7.80. The molecule has 2 rings (SSSR count). The lowest BCUT2D eigenvalue weighted by atomic mass is 10.0. The van der Waals surface area contributed by atoms with Crippen molar-refractivity contribution >= 4 is 22.4 Å². The Morgan fingerprint density at radius 1 is 1.29 bits per heavy atom. The van der Waals surface area contributed by atoms with E-state index in [1.165, 1.54) is 5.56 Å². The molecule has 1 aromatic carbocycles. The number of benzene rings is 1. The summed E-state index contributed by atoms with van der Waals surface area (Å²) in [5.41, 5.74) is 1.19. The second-order valence-electron chi connectivity index (χ2n) is 5.91. The van der Waals surface area contributed by atoms with Crippen molar-refractivity contribution in [3.63, 3.8) is 0 Å². The molecule has 1 saturated heterocycles. The van der Waals surface area contributed by atoms with Gasteiger partial charge in [0.2, 0.25) is 10.0 Å². The Hall–Kier alpha value is -0.620. The Balaban J connectivity index is 0.00000220. The predicted molar refractivity (Wildman–Crippen MR) is 88.5 cm³/mol. The number of rotatable bonds is 4. The van der Waals surface area contributed by atoms with Gasteiger partial charge in [-0.3, -0.25) is 0 Å². The predicted octanol–water partition coefficient (Wildman–Crippen LogP) is 2.29. The summed E-state index contributed by atoms with van der Waals surface area (Å²) in [5.74, 6) is 0.575. The molecule has 0 amide bonds. The highest BCUT2D eigenvalue weighted by molar-refractivity contribution is 7.89. The maximum atomic E-state index is 12.6. The Morgan fingerprint density at radius 2 is 1.90 bits per heavy atom. The van der Waals surface area contributed by atoms with Crippen molar-refractivity contribution in [2.75, 3.05) is 19.6 Å². The molecular weight excluding hydrogens is 308 g/mol. The minimum absolute atomic E-state index is 0. The average molecular weight is 333 g/mol.